The van der Waals surface area contributed by atoms with Gasteiger partial charge in [-0.3, -0.25) is 4.79 Å². The molecular formula is C14H19F3N2O2. The predicted octanol–water partition coefficient (Wildman–Crippen LogP) is 3.65. The maximum absolute atomic E-state index is 12.5. The third-order valence-electron chi connectivity index (χ3n) is 2.88. The lowest BCUT2D eigenvalue weighted by Gasteiger charge is -2.18. The van der Waals surface area contributed by atoms with E-state index in [0.717, 1.165) is 6.07 Å². The van der Waals surface area contributed by atoms with Gasteiger partial charge in [-0.1, -0.05) is 19.9 Å². The van der Waals surface area contributed by atoms with E-state index in [1.807, 2.05) is 13.8 Å². The fourth-order valence-corrected chi connectivity index (χ4v) is 2.09. The highest BCUT2D eigenvalue weighted by Crippen LogP contribution is 2.28. The van der Waals surface area contributed by atoms with Gasteiger partial charge < -0.3 is 10.4 Å². The molecule has 0 fully saturated rings. The van der Waals surface area contributed by atoms with Crippen molar-refractivity contribution in [1.82, 2.24) is 4.98 Å². The largest absolute Gasteiger partial charge is 0.481 e. The van der Waals surface area contributed by atoms with E-state index >= 15 is 0 Å². The molecule has 0 aliphatic heterocycles. The molecule has 0 radical (unpaired) electrons. The van der Waals surface area contributed by atoms with Crippen LogP contribution in [0, 0.1) is 11.8 Å². The summed E-state index contributed by atoms with van der Waals surface area (Å²) in [7, 11) is 0. The molecule has 2 N–H and O–H groups in total. The maximum atomic E-state index is 12.5. The van der Waals surface area contributed by atoms with Crippen molar-refractivity contribution in [2.45, 2.75) is 32.9 Å². The number of anilines is 1. The predicted molar refractivity (Wildman–Crippen MR) is 72.9 cm³/mol. The smallest absolute Gasteiger partial charge is 0.433 e. The summed E-state index contributed by atoms with van der Waals surface area (Å²) < 4.78 is 37.6. The molecule has 0 aromatic carbocycles. The zero-order chi connectivity index (χ0) is 16.0. The Morgan fingerprint density at radius 1 is 1.38 bits per heavy atom. The van der Waals surface area contributed by atoms with Crippen LogP contribution < -0.4 is 5.32 Å². The van der Waals surface area contributed by atoms with Crippen molar-refractivity contribution in [3.8, 4) is 0 Å². The summed E-state index contributed by atoms with van der Waals surface area (Å²) in [6, 6.07) is 3.60. The number of aliphatic carboxylic acids is 1. The Morgan fingerprint density at radius 2 is 2.05 bits per heavy atom. The van der Waals surface area contributed by atoms with Crippen LogP contribution in [-0.2, 0) is 11.0 Å². The maximum Gasteiger partial charge on any atom is 0.433 e. The second-order valence-corrected chi connectivity index (χ2v) is 5.38. The van der Waals surface area contributed by atoms with Crippen LogP contribution in [0.1, 0.15) is 32.4 Å². The Labute approximate surface area is 121 Å². The molecule has 0 spiro atoms. The minimum Gasteiger partial charge on any atom is -0.481 e. The van der Waals surface area contributed by atoms with Crippen molar-refractivity contribution in [3.05, 3.63) is 23.9 Å². The van der Waals surface area contributed by atoms with Gasteiger partial charge in [0, 0.05) is 13.0 Å². The van der Waals surface area contributed by atoms with Crippen LogP contribution in [-0.4, -0.2) is 22.6 Å². The average Bonchev–Trinajstić information content (AvgIpc) is 2.34. The highest BCUT2D eigenvalue weighted by molar-refractivity contribution is 5.67. The van der Waals surface area contributed by atoms with Crippen LogP contribution in [0.2, 0.25) is 0 Å². The van der Waals surface area contributed by atoms with Crippen molar-refractivity contribution in [2.24, 2.45) is 11.8 Å². The summed E-state index contributed by atoms with van der Waals surface area (Å²) in [5.41, 5.74) is -0.967. The van der Waals surface area contributed by atoms with Crippen molar-refractivity contribution < 1.29 is 23.1 Å². The van der Waals surface area contributed by atoms with Gasteiger partial charge in [-0.2, -0.15) is 13.2 Å². The van der Waals surface area contributed by atoms with Gasteiger partial charge in [0.2, 0.25) is 0 Å². The normalized spacial score (nSPS) is 13.2. The fourth-order valence-electron chi connectivity index (χ4n) is 2.09. The number of hydrogen-bond acceptors (Lipinski definition) is 3. The lowest BCUT2D eigenvalue weighted by atomic mass is 9.94. The van der Waals surface area contributed by atoms with E-state index in [1.165, 1.54) is 12.1 Å². The second kappa shape index (κ2) is 7.28. The molecule has 4 nitrogen and oxygen atoms in total. The summed E-state index contributed by atoms with van der Waals surface area (Å²) >= 11 is 0. The van der Waals surface area contributed by atoms with E-state index in [4.69, 9.17) is 5.11 Å². The Bertz CT molecular complexity index is 476. The zero-order valence-corrected chi connectivity index (χ0v) is 11.9. The first-order valence-corrected chi connectivity index (χ1v) is 6.68. The number of nitrogens with zero attached hydrogens (tertiary/aromatic N) is 1. The number of carboxylic acids is 1. The third-order valence-corrected chi connectivity index (χ3v) is 2.88. The van der Waals surface area contributed by atoms with E-state index in [1.54, 1.807) is 0 Å². The number of carboxylic acid groups (broad SMARTS) is 1. The van der Waals surface area contributed by atoms with E-state index < -0.39 is 17.8 Å². The minimum atomic E-state index is -4.49. The molecule has 0 aliphatic carbocycles. The van der Waals surface area contributed by atoms with Crippen LogP contribution in [0.5, 0.6) is 0 Å². The Morgan fingerprint density at radius 3 is 2.57 bits per heavy atom. The summed E-state index contributed by atoms with van der Waals surface area (Å²) in [6.07, 6.45) is -3.83. The minimum absolute atomic E-state index is 0.0237. The number of nitrogens with one attached hydrogen (secondary N) is 1. The molecule has 1 unspecified atom stereocenters. The van der Waals surface area contributed by atoms with Crippen LogP contribution in [0.3, 0.4) is 0 Å². The van der Waals surface area contributed by atoms with Crippen molar-refractivity contribution >= 4 is 11.8 Å². The highest BCUT2D eigenvalue weighted by Gasteiger charge is 2.32. The molecule has 1 rings (SSSR count). The SMILES string of the molecule is CC(C)CC(CNc1cccc(C(F)(F)F)n1)CC(=O)O. The van der Waals surface area contributed by atoms with E-state index in [0.29, 0.717) is 12.3 Å². The van der Waals surface area contributed by atoms with Gasteiger partial charge in [-0.15, -0.1) is 0 Å². The number of hydrogen-bond donors (Lipinski definition) is 2. The number of halogens is 3. The quantitative estimate of drug-likeness (QED) is 0.807. The first kappa shape index (κ1) is 17.3. The lowest BCUT2D eigenvalue weighted by Crippen LogP contribution is -2.20. The van der Waals surface area contributed by atoms with Crippen LogP contribution in [0.4, 0.5) is 19.0 Å². The number of pyridine rings is 1. The molecule has 0 amide bonds. The first-order chi connectivity index (χ1) is 9.68. The summed E-state index contributed by atoms with van der Waals surface area (Å²) in [5.74, 6) is -0.659. The zero-order valence-electron chi connectivity index (χ0n) is 11.9. The number of alkyl halides is 3. The van der Waals surface area contributed by atoms with Gasteiger partial charge in [-0.25, -0.2) is 4.98 Å². The fraction of sp³-hybridized carbons (Fsp3) is 0.571. The summed E-state index contributed by atoms with van der Waals surface area (Å²) in [6.45, 7) is 4.22. The first-order valence-electron chi connectivity index (χ1n) is 6.68. The molecule has 7 heteroatoms. The van der Waals surface area contributed by atoms with Crippen LogP contribution in [0.15, 0.2) is 18.2 Å². The van der Waals surface area contributed by atoms with E-state index in [2.05, 4.69) is 10.3 Å². The lowest BCUT2D eigenvalue weighted by molar-refractivity contribution is -0.141. The van der Waals surface area contributed by atoms with Gasteiger partial charge >= 0.3 is 12.1 Å². The van der Waals surface area contributed by atoms with Gasteiger partial charge in [0.15, 0.2) is 0 Å². The van der Waals surface area contributed by atoms with Gasteiger partial charge in [-0.05, 0) is 30.4 Å². The molecule has 1 heterocycles. The summed E-state index contributed by atoms with van der Waals surface area (Å²) in [4.78, 5) is 14.3. The molecule has 0 bridgehead atoms. The van der Waals surface area contributed by atoms with E-state index in [9.17, 15) is 18.0 Å². The van der Waals surface area contributed by atoms with Crippen LogP contribution >= 0.6 is 0 Å². The average molecular weight is 304 g/mol. The standard InChI is InChI=1S/C14H19F3N2O2/c1-9(2)6-10(7-13(20)21)8-18-12-5-3-4-11(19-12)14(15,16)17/h3-5,9-10H,6-8H2,1-2H3,(H,18,19)(H,20,21). The Balaban J connectivity index is 2.69. The molecule has 1 atom stereocenters. The Hall–Kier alpha value is -1.79. The molecule has 0 saturated carbocycles. The number of rotatable bonds is 7. The van der Waals surface area contributed by atoms with Gasteiger partial charge in [0.05, 0.1) is 0 Å². The molecular weight excluding hydrogens is 285 g/mol. The second-order valence-electron chi connectivity index (χ2n) is 5.38. The highest BCUT2D eigenvalue weighted by atomic mass is 19.4. The molecule has 118 valence electrons. The molecule has 0 saturated heterocycles. The molecule has 1 aromatic heterocycles. The van der Waals surface area contributed by atoms with Crippen molar-refractivity contribution in [2.75, 3.05) is 11.9 Å². The van der Waals surface area contributed by atoms with Gasteiger partial charge in [0.25, 0.3) is 0 Å². The van der Waals surface area contributed by atoms with Crippen LogP contribution in [0.25, 0.3) is 0 Å². The van der Waals surface area contributed by atoms with E-state index in [-0.39, 0.29) is 24.7 Å². The number of carbonyl (C=O) groups is 1. The van der Waals surface area contributed by atoms with Crippen molar-refractivity contribution in [3.63, 3.8) is 0 Å². The van der Waals surface area contributed by atoms with Gasteiger partial charge in [0.1, 0.15) is 11.5 Å². The number of aromatic nitrogens is 1. The monoisotopic (exact) mass is 304 g/mol. The third kappa shape index (κ3) is 6.46. The Kier molecular flexibility index (Phi) is 5.99. The topological polar surface area (TPSA) is 62.2 Å². The summed E-state index contributed by atoms with van der Waals surface area (Å²) in [5, 5.41) is 11.6. The molecule has 0 aliphatic rings. The molecule has 21 heavy (non-hydrogen) atoms. The molecule has 1 aromatic rings. The van der Waals surface area contributed by atoms with Crippen molar-refractivity contribution in [1.29, 1.82) is 0 Å².